The van der Waals surface area contributed by atoms with Crippen LogP contribution < -0.4 is 20.2 Å². The highest BCUT2D eigenvalue weighted by atomic mass is 19.3. The lowest BCUT2D eigenvalue weighted by Crippen LogP contribution is -2.26. The first-order valence-electron chi connectivity index (χ1n) is 8.15. The van der Waals surface area contributed by atoms with Gasteiger partial charge in [0.2, 0.25) is 0 Å². The lowest BCUT2D eigenvalue weighted by molar-refractivity contribution is -0.119. The molecule has 0 atom stereocenters. The second-order valence-corrected chi connectivity index (χ2v) is 5.71. The summed E-state index contributed by atoms with van der Waals surface area (Å²) in [6.45, 7) is 0.462. The molecule has 0 radical (unpaired) electrons. The Hall–Kier alpha value is -3.16. The first-order chi connectivity index (χ1) is 12.9. The van der Waals surface area contributed by atoms with Gasteiger partial charge in [-0.15, -0.1) is 0 Å². The Kier molecular flexibility index (Phi) is 7.10. The first-order valence-corrected chi connectivity index (χ1v) is 8.15. The van der Waals surface area contributed by atoms with Gasteiger partial charge in [0.05, 0.1) is 25.6 Å². The van der Waals surface area contributed by atoms with Gasteiger partial charge in [0, 0.05) is 0 Å². The van der Waals surface area contributed by atoms with Gasteiger partial charge in [-0.05, 0) is 54.8 Å². The van der Waals surface area contributed by atoms with E-state index >= 15 is 0 Å². The van der Waals surface area contributed by atoms with Crippen LogP contribution in [0.3, 0.4) is 0 Å². The van der Waals surface area contributed by atoms with Crippen LogP contribution >= 0.6 is 0 Å². The van der Waals surface area contributed by atoms with Gasteiger partial charge in [0.1, 0.15) is 11.5 Å². The summed E-state index contributed by atoms with van der Waals surface area (Å²) in [7, 11) is 1.55. The van der Waals surface area contributed by atoms with E-state index in [0.29, 0.717) is 28.1 Å². The van der Waals surface area contributed by atoms with Crippen molar-refractivity contribution in [3.05, 3.63) is 53.1 Å². The van der Waals surface area contributed by atoms with Crippen LogP contribution in [0.25, 0.3) is 0 Å². The predicted octanol–water partition coefficient (Wildman–Crippen LogP) is 3.48. The third kappa shape index (κ3) is 5.95. The van der Waals surface area contributed by atoms with Crippen molar-refractivity contribution in [1.82, 2.24) is 5.43 Å². The molecule has 0 spiro atoms. The van der Waals surface area contributed by atoms with Gasteiger partial charge in [-0.2, -0.15) is 13.9 Å². The number of carbonyl (C=O) groups excluding carboxylic acids is 1. The van der Waals surface area contributed by atoms with Crippen LogP contribution in [0.4, 0.5) is 14.5 Å². The number of rotatable bonds is 8. The Bertz CT molecular complexity index is 803. The smallest absolute Gasteiger partial charge is 0.387 e. The molecule has 0 aliphatic carbocycles. The van der Waals surface area contributed by atoms with Crippen molar-refractivity contribution in [1.29, 1.82) is 0 Å². The van der Waals surface area contributed by atoms with E-state index in [-0.39, 0.29) is 18.2 Å². The predicted molar refractivity (Wildman–Crippen MR) is 99.8 cm³/mol. The number of para-hydroxylation sites is 2. The summed E-state index contributed by atoms with van der Waals surface area (Å²) in [5, 5.41) is 6.84. The number of halogens is 2. The topological polar surface area (TPSA) is 72.0 Å². The van der Waals surface area contributed by atoms with Crippen LogP contribution in [0.2, 0.25) is 0 Å². The fourth-order valence-electron chi connectivity index (χ4n) is 2.52. The highest BCUT2D eigenvalue weighted by molar-refractivity contribution is 5.85. The van der Waals surface area contributed by atoms with Crippen LogP contribution in [0.15, 0.2) is 41.5 Å². The van der Waals surface area contributed by atoms with E-state index in [9.17, 15) is 13.6 Å². The molecule has 6 nitrogen and oxygen atoms in total. The molecular formula is C19H21F2N3O3. The number of benzene rings is 2. The average Bonchev–Trinajstić information content (AvgIpc) is 2.63. The molecule has 0 bridgehead atoms. The van der Waals surface area contributed by atoms with Crippen LogP contribution in [0, 0.1) is 13.8 Å². The number of amides is 1. The van der Waals surface area contributed by atoms with Gasteiger partial charge < -0.3 is 14.8 Å². The van der Waals surface area contributed by atoms with Crippen molar-refractivity contribution in [3.63, 3.8) is 0 Å². The molecule has 0 aromatic heterocycles. The van der Waals surface area contributed by atoms with Crippen molar-refractivity contribution < 1.29 is 23.0 Å². The number of anilines is 1. The number of carbonyl (C=O) groups is 1. The minimum Gasteiger partial charge on any atom is -0.495 e. The molecule has 2 N–H and O–H groups in total. The van der Waals surface area contributed by atoms with E-state index < -0.39 is 6.61 Å². The summed E-state index contributed by atoms with van der Waals surface area (Å²) >= 11 is 0. The molecule has 27 heavy (non-hydrogen) atoms. The van der Waals surface area contributed by atoms with E-state index in [0.717, 1.165) is 0 Å². The molecule has 0 saturated carbocycles. The maximum absolute atomic E-state index is 12.4. The fraction of sp³-hybridized carbons (Fsp3) is 0.263. The number of hydrazone groups is 1. The second kappa shape index (κ2) is 9.51. The average molecular weight is 377 g/mol. The van der Waals surface area contributed by atoms with Crippen molar-refractivity contribution in [2.24, 2.45) is 5.10 Å². The summed E-state index contributed by atoms with van der Waals surface area (Å²) in [6.07, 6.45) is 1.44. The van der Waals surface area contributed by atoms with E-state index in [1.54, 1.807) is 45.2 Å². The molecule has 144 valence electrons. The monoisotopic (exact) mass is 377 g/mol. The minimum absolute atomic E-state index is 0.0108. The zero-order valence-electron chi connectivity index (χ0n) is 15.3. The molecule has 2 rings (SSSR count). The number of aryl methyl sites for hydroxylation is 2. The molecule has 8 heteroatoms. The van der Waals surface area contributed by atoms with Gasteiger partial charge >= 0.3 is 6.61 Å². The van der Waals surface area contributed by atoms with Crippen molar-refractivity contribution >= 4 is 17.8 Å². The van der Waals surface area contributed by atoms with Crippen molar-refractivity contribution in [2.75, 3.05) is 19.0 Å². The van der Waals surface area contributed by atoms with Crippen molar-refractivity contribution in [3.8, 4) is 11.5 Å². The Balaban J connectivity index is 1.92. The molecule has 0 heterocycles. The zero-order chi connectivity index (χ0) is 19.8. The van der Waals surface area contributed by atoms with Gasteiger partial charge in [0.15, 0.2) is 0 Å². The van der Waals surface area contributed by atoms with Crippen LogP contribution in [0.1, 0.15) is 16.7 Å². The molecule has 2 aromatic rings. The highest BCUT2D eigenvalue weighted by Crippen LogP contribution is 2.26. The van der Waals surface area contributed by atoms with Gasteiger partial charge in [-0.3, -0.25) is 4.79 Å². The largest absolute Gasteiger partial charge is 0.495 e. The lowest BCUT2D eigenvalue weighted by Gasteiger charge is -2.12. The van der Waals surface area contributed by atoms with E-state index in [4.69, 9.17) is 4.74 Å². The number of alkyl halides is 2. The Morgan fingerprint density at radius 2 is 1.89 bits per heavy atom. The maximum Gasteiger partial charge on any atom is 0.387 e. The molecule has 0 aliphatic rings. The van der Waals surface area contributed by atoms with Gasteiger partial charge in [0.25, 0.3) is 5.91 Å². The third-order valence-electron chi connectivity index (χ3n) is 3.64. The first kappa shape index (κ1) is 20.2. The number of hydrogen-bond acceptors (Lipinski definition) is 5. The van der Waals surface area contributed by atoms with E-state index in [2.05, 4.69) is 20.6 Å². The molecule has 1 amide bonds. The molecule has 0 fully saturated rings. The lowest BCUT2D eigenvalue weighted by atomic mass is 10.1. The number of ether oxygens (including phenoxy) is 2. The van der Waals surface area contributed by atoms with Gasteiger partial charge in [-0.25, -0.2) is 5.43 Å². The normalized spacial score (nSPS) is 10.9. The molecule has 0 unspecified atom stereocenters. The van der Waals surface area contributed by atoms with Crippen molar-refractivity contribution in [2.45, 2.75) is 20.5 Å². The minimum atomic E-state index is -2.88. The van der Waals surface area contributed by atoms with Crippen LogP contribution in [0.5, 0.6) is 11.5 Å². The Morgan fingerprint density at radius 3 is 2.52 bits per heavy atom. The third-order valence-corrected chi connectivity index (χ3v) is 3.64. The SMILES string of the molecule is COc1ccccc1NCC(=O)N/N=C\c1cc(C)c(OC(F)F)c(C)c1. The van der Waals surface area contributed by atoms with Crippen LogP contribution in [-0.4, -0.2) is 32.4 Å². The highest BCUT2D eigenvalue weighted by Gasteiger charge is 2.11. The fourth-order valence-corrected chi connectivity index (χ4v) is 2.52. The molecule has 0 aliphatic heterocycles. The Labute approximate surface area is 156 Å². The van der Waals surface area contributed by atoms with Crippen LogP contribution in [-0.2, 0) is 4.79 Å². The summed E-state index contributed by atoms with van der Waals surface area (Å²) in [6, 6.07) is 10.5. The van der Waals surface area contributed by atoms with Gasteiger partial charge in [-0.1, -0.05) is 12.1 Å². The second-order valence-electron chi connectivity index (χ2n) is 5.71. The molecule has 2 aromatic carbocycles. The quantitative estimate of drug-likeness (QED) is 0.546. The summed E-state index contributed by atoms with van der Waals surface area (Å²) in [5.41, 5.74) is 4.86. The number of nitrogens with zero attached hydrogens (tertiary/aromatic N) is 1. The summed E-state index contributed by atoms with van der Waals surface area (Å²) in [4.78, 5) is 11.9. The standard InChI is InChI=1S/C19H21F2N3O3/c1-12-8-14(9-13(2)18(12)27-19(20)21)10-23-24-17(25)11-22-15-6-4-5-7-16(15)26-3/h4-10,19,22H,11H2,1-3H3,(H,24,25)/b23-10-. The number of methoxy groups -OCH3 is 1. The number of hydrogen-bond donors (Lipinski definition) is 2. The molecular weight excluding hydrogens is 356 g/mol. The Morgan fingerprint density at radius 1 is 1.22 bits per heavy atom. The number of nitrogens with one attached hydrogen (secondary N) is 2. The zero-order valence-corrected chi connectivity index (χ0v) is 15.3. The van der Waals surface area contributed by atoms with E-state index in [1.807, 2.05) is 12.1 Å². The summed E-state index contributed by atoms with van der Waals surface area (Å²) in [5.74, 6) is 0.432. The maximum atomic E-state index is 12.4. The summed E-state index contributed by atoms with van der Waals surface area (Å²) < 4.78 is 34.5. The van der Waals surface area contributed by atoms with E-state index in [1.165, 1.54) is 6.21 Å². The molecule has 0 saturated heterocycles.